The van der Waals surface area contributed by atoms with Crippen molar-refractivity contribution in [2.75, 3.05) is 0 Å². The normalized spacial score (nSPS) is 11.7. The molecule has 0 spiro atoms. The van der Waals surface area contributed by atoms with E-state index in [1.54, 1.807) is 6.21 Å². The van der Waals surface area contributed by atoms with Gasteiger partial charge in [-0.3, -0.25) is 5.43 Å². The summed E-state index contributed by atoms with van der Waals surface area (Å²) >= 11 is 5.04. The first-order chi connectivity index (χ1) is 11.2. The van der Waals surface area contributed by atoms with Gasteiger partial charge in [0.15, 0.2) is 5.69 Å². The van der Waals surface area contributed by atoms with E-state index in [9.17, 15) is 5.11 Å². The van der Waals surface area contributed by atoms with Crippen LogP contribution in [-0.4, -0.2) is 21.4 Å². The van der Waals surface area contributed by atoms with E-state index in [4.69, 9.17) is 12.2 Å². The van der Waals surface area contributed by atoms with Crippen molar-refractivity contribution < 1.29 is 5.11 Å². The zero-order valence-electron chi connectivity index (χ0n) is 13.1. The van der Waals surface area contributed by atoms with E-state index in [-0.39, 0.29) is 11.0 Å². The molecule has 0 atom stereocenters. The molecule has 0 amide bonds. The Bertz CT molecular complexity index is 708. The van der Waals surface area contributed by atoms with Crippen LogP contribution in [0.5, 0.6) is 5.88 Å². The first-order valence-electron chi connectivity index (χ1n) is 7.75. The van der Waals surface area contributed by atoms with Crippen LogP contribution in [0, 0.1) is 0 Å². The number of nitrogens with one attached hydrogen (secondary N) is 2. The van der Waals surface area contributed by atoms with Gasteiger partial charge in [-0.2, -0.15) is 5.10 Å². The van der Waals surface area contributed by atoms with E-state index in [2.05, 4.69) is 32.7 Å². The first-order valence-corrected chi connectivity index (χ1v) is 8.16. The van der Waals surface area contributed by atoms with E-state index >= 15 is 0 Å². The highest BCUT2D eigenvalue weighted by Crippen LogP contribution is 2.35. The highest BCUT2D eigenvalue weighted by molar-refractivity contribution is 7.80. The first kappa shape index (κ1) is 17.1. The van der Waals surface area contributed by atoms with Crippen LogP contribution in [0.2, 0.25) is 0 Å². The monoisotopic (exact) mass is 331 g/mol. The number of unbranched alkanes of at least 4 members (excludes halogenated alkanes) is 4. The Morgan fingerprint density at radius 2 is 2.13 bits per heavy atom. The van der Waals surface area contributed by atoms with Crippen LogP contribution in [0.25, 0.3) is 10.9 Å². The Kier molecular flexibility index (Phi) is 6.68. The molecule has 2 aromatic rings. The largest absolute Gasteiger partial charge is 0.493 e. The molecule has 0 saturated heterocycles. The van der Waals surface area contributed by atoms with Crippen molar-refractivity contribution in [3.8, 4) is 5.88 Å². The molecule has 0 saturated carbocycles. The molecule has 0 radical (unpaired) electrons. The third kappa shape index (κ3) is 5.14. The number of nitrogens with zero attached hydrogens (tertiary/aromatic N) is 3. The molecule has 2 rings (SSSR count). The number of aromatic amines is 1. The molecule has 0 aliphatic rings. The molecular formula is C16H21N5OS. The number of benzene rings is 1. The zero-order chi connectivity index (χ0) is 16.5. The van der Waals surface area contributed by atoms with Gasteiger partial charge in [0.05, 0.1) is 5.52 Å². The number of aromatic nitrogens is 1. The number of hydrogen-bond acceptors (Lipinski definition) is 4. The van der Waals surface area contributed by atoms with Crippen molar-refractivity contribution in [3.05, 3.63) is 24.3 Å². The Balaban J connectivity index is 1.86. The van der Waals surface area contributed by atoms with Crippen LogP contribution < -0.4 is 5.43 Å². The minimum Gasteiger partial charge on any atom is -0.493 e. The molecule has 0 aliphatic heterocycles. The highest BCUT2D eigenvalue weighted by atomic mass is 32.1. The Morgan fingerprint density at radius 1 is 1.30 bits per heavy atom. The summed E-state index contributed by atoms with van der Waals surface area (Å²) in [5.74, 6) is -0.0304. The molecular weight excluding hydrogens is 310 g/mol. The maximum atomic E-state index is 9.86. The van der Waals surface area contributed by atoms with Crippen molar-refractivity contribution in [1.82, 2.24) is 10.4 Å². The number of rotatable bonds is 7. The fraction of sp³-hybridized carbons (Fsp3) is 0.375. The molecule has 23 heavy (non-hydrogen) atoms. The quantitative estimate of drug-likeness (QED) is 0.224. The second-order valence-electron chi connectivity index (χ2n) is 5.15. The van der Waals surface area contributed by atoms with Crippen LogP contribution in [0.3, 0.4) is 0 Å². The van der Waals surface area contributed by atoms with Crippen LogP contribution in [0.15, 0.2) is 39.6 Å². The molecule has 1 aromatic carbocycles. The topological polar surface area (TPSA) is 85.1 Å². The zero-order valence-corrected chi connectivity index (χ0v) is 13.9. The summed E-state index contributed by atoms with van der Waals surface area (Å²) in [4.78, 5) is 2.84. The lowest BCUT2D eigenvalue weighted by Crippen LogP contribution is -2.11. The predicted octanol–water partition coefficient (Wildman–Crippen LogP) is 4.79. The fourth-order valence-electron chi connectivity index (χ4n) is 2.16. The van der Waals surface area contributed by atoms with Gasteiger partial charge in [-0.05, 0) is 31.1 Å². The lowest BCUT2D eigenvalue weighted by molar-refractivity contribution is 0.459. The number of para-hydroxylation sites is 1. The lowest BCUT2D eigenvalue weighted by atomic mass is 10.2. The third-order valence-corrected chi connectivity index (χ3v) is 3.51. The van der Waals surface area contributed by atoms with Gasteiger partial charge >= 0.3 is 0 Å². The molecule has 6 nitrogen and oxygen atoms in total. The Morgan fingerprint density at radius 3 is 2.96 bits per heavy atom. The lowest BCUT2D eigenvalue weighted by Gasteiger charge is -1.96. The minimum atomic E-state index is -0.0304. The average Bonchev–Trinajstić information content (AvgIpc) is 2.87. The van der Waals surface area contributed by atoms with E-state index in [0.717, 1.165) is 23.7 Å². The number of azo groups is 1. The van der Waals surface area contributed by atoms with Crippen LogP contribution in [-0.2, 0) is 0 Å². The van der Waals surface area contributed by atoms with Crippen molar-refractivity contribution >= 4 is 40.1 Å². The number of thiocarbonyl (C=S) groups is 1. The van der Waals surface area contributed by atoms with E-state index < -0.39 is 0 Å². The van der Waals surface area contributed by atoms with E-state index in [0.29, 0.717) is 5.69 Å². The molecule has 0 bridgehead atoms. The number of hydrazone groups is 1. The van der Waals surface area contributed by atoms with Gasteiger partial charge in [0, 0.05) is 11.6 Å². The van der Waals surface area contributed by atoms with E-state index in [1.165, 1.54) is 19.3 Å². The molecule has 0 aliphatic carbocycles. The van der Waals surface area contributed by atoms with Crippen molar-refractivity contribution in [2.24, 2.45) is 15.3 Å². The Labute approximate surface area is 140 Å². The van der Waals surface area contributed by atoms with Gasteiger partial charge in [0.1, 0.15) is 0 Å². The molecule has 7 heteroatoms. The molecule has 1 aromatic heterocycles. The number of aromatic hydroxyl groups is 1. The minimum absolute atomic E-state index is 0.0304. The summed E-state index contributed by atoms with van der Waals surface area (Å²) in [7, 11) is 0. The highest BCUT2D eigenvalue weighted by Gasteiger charge is 2.09. The summed E-state index contributed by atoms with van der Waals surface area (Å²) < 4.78 is 0. The van der Waals surface area contributed by atoms with Gasteiger partial charge < -0.3 is 10.1 Å². The van der Waals surface area contributed by atoms with Gasteiger partial charge in [-0.1, -0.05) is 44.4 Å². The molecule has 3 N–H and O–H groups in total. The second kappa shape index (κ2) is 8.99. The van der Waals surface area contributed by atoms with Gasteiger partial charge in [0.2, 0.25) is 11.0 Å². The maximum absolute atomic E-state index is 9.86. The van der Waals surface area contributed by atoms with E-state index in [1.807, 2.05) is 24.3 Å². The predicted molar refractivity (Wildman–Crippen MR) is 97.5 cm³/mol. The van der Waals surface area contributed by atoms with Crippen molar-refractivity contribution in [1.29, 1.82) is 0 Å². The average molecular weight is 331 g/mol. The van der Waals surface area contributed by atoms with Crippen molar-refractivity contribution in [3.63, 3.8) is 0 Å². The van der Waals surface area contributed by atoms with Gasteiger partial charge in [-0.25, -0.2) is 0 Å². The van der Waals surface area contributed by atoms with Crippen LogP contribution in [0.1, 0.15) is 39.0 Å². The molecule has 0 unspecified atom stereocenters. The summed E-state index contributed by atoms with van der Waals surface area (Å²) in [5, 5.41) is 22.7. The summed E-state index contributed by atoms with van der Waals surface area (Å²) in [6, 6.07) is 7.45. The number of hydrogen-bond donors (Lipinski definition) is 3. The molecule has 122 valence electrons. The SMILES string of the molecule is CCCCCC/C=N/NC(=S)N=Nc1c(O)[nH]c2ccccc12. The smallest absolute Gasteiger partial charge is 0.234 e. The number of fused-ring (bicyclic) bond motifs is 1. The van der Waals surface area contributed by atoms with Gasteiger partial charge in [-0.15, -0.1) is 10.2 Å². The van der Waals surface area contributed by atoms with Crippen LogP contribution >= 0.6 is 12.2 Å². The summed E-state index contributed by atoms with van der Waals surface area (Å²) in [6.07, 6.45) is 7.52. The van der Waals surface area contributed by atoms with Crippen molar-refractivity contribution in [2.45, 2.75) is 39.0 Å². The van der Waals surface area contributed by atoms with Crippen LogP contribution in [0.4, 0.5) is 5.69 Å². The fourth-order valence-corrected chi connectivity index (χ4v) is 2.25. The molecule has 0 fully saturated rings. The second-order valence-corrected chi connectivity index (χ2v) is 5.53. The van der Waals surface area contributed by atoms with Gasteiger partial charge in [0.25, 0.3) is 0 Å². The number of H-pyrrole nitrogens is 1. The summed E-state index contributed by atoms with van der Waals surface area (Å²) in [5.41, 5.74) is 3.82. The Hall–Kier alpha value is -2.28. The summed E-state index contributed by atoms with van der Waals surface area (Å²) in [6.45, 7) is 2.19. The standard InChI is InChI=1S/C16H21N5OS/c1-2-3-4-5-8-11-17-20-16(23)21-19-14-12-9-6-7-10-13(12)18-15(14)22/h6-7,9-11,18,22H,2-5,8H2,1H3,(H,20,23)/b17-11+,21-19?. The third-order valence-electron chi connectivity index (χ3n) is 3.34. The maximum Gasteiger partial charge on any atom is 0.234 e. The molecule has 1 heterocycles.